The highest BCUT2D eigenvalue weighted by Crippen LogP contribution is 2.26. The summed E-state index contributed by atoms with van der Waals surface area (Å²) < 4.78 is 21.7. The smallest absolute Gasteiger partial charge is 0.209 e. The van der Waals surface area contributed by atoms with Crippen LogP contribution in [0.2, 0.25) is 0 Å². The Morgan fingerprint density at radius 3 is 2.50 bits per heavy atom. The first-order valence-corrected chi connectivity index (χ1v) is 7.89. The Kier molecular flexibility index (Phi) is 4.23. The van der Waals surface area contributed by atoms with E-state index in [9.17, 15) is 8.42 Å². The van der Waals surface area contributed by atoms with Crippen LogP contribution in [0.5, 0.6) is 0 Å². The van der Waals surface area contributed by atoms with Crippen LogP contribution in [0.25, 0.3) is 10.8 Å². The zero-order valence-electron chi connectivity index (χ0n) is 10.8. The Morgan fingerprint density at radius 1 is 1.15 bits per heavy atom. The van der Waals surface area contributed by atoms with Gasteiger partial charge in [-0.2, -0.15) is 5.26 Å². The average Bonchev–Trinajstić information content (AvgIpc) is 2.42. The summed E-state index contributed by atoms with van der Waals surface area (Å²) >= 11 is 0. The fraction of sp³-hybridized carbons (Fsp3) is 0.214. The fourth-order valence-corrected chi connectivity index (χ4v) is 2.59. The molecule has 0 bridgehead atoms. The molecule has 5 nitrogen and oxygen atoms in total. The zero-order chi connectivity index (χ0) is 14.6. The van der Waals surface area contributed by atoms with Crippen LogP contribution < -0.4 is 10.5 Å². The summed E-state index contributed by atoms with van der Waals surface area (Å²) in [6, 6.07) is 13.4. The van der Waals surface area contributed by atoms with Crippen LogP contribution in [0.3, 0.4) is 0 Å². The summed E-state index contributed by atoms with van der Waals surface area (Å²) in [6.45, 7) is 0.506. The lowest BCUT2D eigenvalue weighted by atomic mass is 10.0. The van der Waals surface area contributed by atoms with Crippen molar-refractivity contribution in [3.63, 3.8) is 0 Å². The molecule has 0 heterocycles. The molecule has 0 atom stereocenters. The molecule has 104 valence electrons. The lowest BCUT2D eigenvalue weighted by Gasteiger charge is -2.10. The van der Waals surface area contributed by atoms with E-state index in [-0.39, 0.29) is 5.75 Å². The number of nitriles is 1. The molecule has 0 saturated carbocycles. The highest BCUT2D eigenvalue weighted by atomic mass is 32.2. The number of nitrogens with zero attached hydrogens (tertiary/aromatic N) is 1. The second-order valence-corrected chi connectivity index (χ2v) is 6.20. The Balaban J connectivity index is 2.18. The molecule has 0 aliphatic heterocycles. The molecule has 0 spiro atoms. The second-order valence-electron chi connectivity index (χ2n) is 4.47. The highest BCUT2D eigenvalue weighted by molar-refractivity contribution is 7.89. The van der Waals surface area contributed by atoms with Gasteiger partial charge in [-0.25, -0.2) is 13.6 Å². The topological polar surface area (TPSA) is 96.0 Å². The minimum atomic E-state index is -3.41. The van der Waals surface area contributed by atoms with E-state index in [1.807, 2.05) is 30.3 Å². The molecule has 0 fully saturated rings. The summed E-state index contributed by atoms with van der Waals surface area (Å²) in [6.07, 6.45) is 0.438. The van der Waals surface area contributed by atoms with Crippen molar-refractivity contribution in [2.45, 2.75) is 6.42 Å². The Labute approximate surface area is 118 Å². The average molecular weight is 289 g/mol. The van der Waals surface area contributed by atoms with E-state index in [1.165, 1.54) is 0 Å². The van der Waals surface area contributed by atoms with E-state index in [1.54, 1.807) is 6.07 Å². The molecule has 0 amide bonds. The molecular weight excluding hydrogens is 274 g/mol. The van der Waals surface area contributed by atoms with Crippen molar-refractivity contribution in [3.8, 4) is 6.07 Å². The third-order valence-electron chi connectivity index (χ3n) is 2.97. The highest BCUT2D eigenvalue weighted by Gasteiger charge is 2.06. The number of nitrogens with two attached hydrogens (primary N) is 1. The van der Waals surface area contributed by atoms with Gasteiger partial charge in [-0.3, -0.25) is 0 Å². The number of hydrogen-bond donors (Lipinski definition) is 2. The van der Waals surface area contributed by atoms with Gasteiger partial charge in [0, 0.05) is 23.0 Å². The first-order chi connectivity index (χ1) is 9.51. The van der Waals surface area contributed by atoms with Gasteiger partial charge in [0.15, 0.2) is 0 Å². The van der Waals surface area contributed by atoms with Crippen molar-refractivity contribution in [2.75, 3.05) is 17.6 Å². The maximum Gasteiger partial charge on any atom is 0.209 e. The van der Waals surface area contributed by atoms with Gasteiger partial charge >= 0.3 is 0 Å². The minimum Gasteiger partial charge on any atom is -0.385 e. The predicted octanol–water partition coefficient (Wildman–Crippen LogP) is 1.80. The van der Waals surface area contributed by atoms with Crippen molar-refractivity contribution in [2.24, 2.45) is 5.14 Å². The molecule has 3 N–H and O–H groups in total. The van der Waals surface area contributed by atoms with E-state index in [0.29, 0.717) is 18.5 Å². The number of benzene rings is 2. The largest absolute Gasteiger partial charge is 0.385 e. The first-order valence-electron chi connectivity index (χ1n) is 6.17. The van der Waals surface area contributed by atoms with Crippen molar-refractivity contribution < 1.29 is 8.42 Å². The predicted molar refractivity (Wildman–Crippen MR) is 79.7 cm³/mol. The Bertz CT molecular complexity index is 764. The molecule has 0 saturated heterocycles. The van der Waals surface area contributed by atoms with Crippen LogP contribution in [0.1, 0.15) is 12.0 Å². The molecule has 6 heteroatoms. The van der Waals surface area contributed by atoms with Gasteiger partial charge in [0.25, 0.3) is 0 Å². The molecule has 0 radical (unpaired) electrons. The lowest BCUT2D eigenvalue weighted by Crippen LogP contribution is -2.18. The molecule has 0 aliphatic carbocycles. The normalized spacial score (nSPS) is 11.2. The van der Waals surface area contributed by atoms with Gasteiger partial charge < -0.3 is 5.32 Å². The number of fused-ring (bicyclic) bond motifs is 1. The quantitative estimate of drug-likeness (QED) is 0.820. The molecule has 20 heavy (non-hydrogen) atoms. The standard InChI is InChI=1S/C14H15N3O2S/c15-10-11-6-7-14(13-5-2-1-4-12(11)13)17-8-3-9-20(16,18)19/h1-2,4-7,17H,3,8-9H2,(H2,16,18,19). The van der Waals surface area contributed by atoms with Gasteiger partial charge in [-0.15, -0.1) is 0 Å². The van der Waals surface area contributed by atoms with Crippen molar-refractivity contribution in [3.05, 3.63) is 42.0 Å². The van der Waals surface area contributed by atoms with Gasteiger partial charge in [0.2, 0.25) is 10.0 Å². The van der Waals surface area contributed by atoms with Crippen molar-refractivity contribution in [1.82, 2.24) is 0 Å². The third-order valence-corrected chi connectivity index (χ3v) is 3.82. The van der Waals surface area contributed by atoms with Crippen LogP contribution in [0, 0.1) is 11.3 Å². The number of hydrogen-bond acceptors (Lipinski definition) is 4. The maximum absolute atomic E-state index is 10.9. The van der Waals surface area contributed by atoms with E-state index >= 15 is 0 Å². The van der Waals surface area contributed by atoms with E-state index in [4.69, 9.17) is 10.4 Å². The van der Waals surface area contributed by atoms with Crippen molar-refractivity contribution >= 4 is 26.5 Å². The van der Waals surface area contributed by atoms with Crippen LogP contribution in [0.15, 0.2) is 36.4 Å². The molecule has 0 unspecified atom stereocenters. The van der Waals surface area contributed by atoms with E-state index in [2.05, 4.69) is 11.4 Å². The Hall–Kier alpha value is -2.10. The Morgan fingerprint density at radius 2 is 1.85 bits per heavy atom. The summed E-state index contributed by atoms with van der Waals surface area (Å²) in [5.41, 5.74) is 1.50. The molecule has 0 aromatic heterocycles. The monoisotopic (exact) mass is 289 g/mol. The van der Waals surface area contributed by atoms with Crippen LogP contribution in [-0.4, -0.2) is 20.7 Å². The van der Waals surface area contributed by atoms with E-state index < -0.39 is 10.0 Å². The summed E-state index contributed by atoms with van der Waals surface area (Å²) in [4.78, 5) is 0. The molecular formula is C14H15N3O2S. The molecule has 2 aromatic carbocycles. The maximum atomic E-state index is 10.9. The number of nitrogens with one attached hydrogen (secondary N) is 1. The van der Waals surface area contributed by atoms with Gasteiger partial charge in [0.1, 0.15) is 0 Å². The summed E-state index contributed by atoms with van der Waals surface area (Å²) in [5.74, 6) is -0.0474. The van der Waals surface area contributed by atoms with Crippen LogP contribution in [0.4, 0.5) is 5.69 Å². The van der Waals surface area contributed by atoms with Gasteiger partial charge in [-0.1, -0.05) is 24.3 Å². The summed E-state index contributed by atoms with van der Waals surface area (Å²) in [5, 5.41) is 19.0. The second kappa shape index (κ2) is 5.90. The minimum absolute atomic E-state index is 0.0474. The molecule has 2 rings (SSSR count). The van der Waals surface area contributed by atoms with Crippen LogP contribution >= 0.6 is 0 Å². The molecule has 0 aliphatic rings. The number of rotatable bonds is 5. The van der Waals surface area contributed by atoms with Crippen LogP contribution in [-0.2, 0) is 10.0 Å². The number of sulfonamides is 1. The number of anilines is 1. The fourth-order valence-electron chi connectivity index (χ4n) is 2.05. The zero-order valence-corrected chi connectivity index (χ0v) is 11.7. The van der Waals surface area contributed by atoms with Crippen molar-refractivity contribution in [1.29, 1.82) is 5.26 Å². The summed E-state index contributed by atoms with van der Waals surface area (Å²) in [7, 11) is -3.41. The first kappa shape index (κ1) is 14.3. The van der Waals surface area contributed by atoms with Gasteiger partial charge in [-0.05, 0) is 18.6 Å². The van der Waals surface area contributed by atoms with E-state index in [0.717, 1.165) is 16.5 Å². The third kappa shape index (κ3) is 3.47. The van der Waals surface area contributed by atoms with Gasteiger partial charge in [0.05, 0.1) is 17.4 Å². The number of primary sulfonamides is 1. The lowest BCUT2D eigenvalue weighted by molar-refractivity contribution is 0.596. The SMILES string of the molecule is N#Cc1ccc(NCCCS(N)(=O)=O)c2ccccc12. The molecule has 2 aromatic rings.